The molecule has 1 atom stereocenters. The fourth-order valence-corrected chi connectivity index (χ4v) is 3.42. The molecule has 9 nitrogen and oxygen atoms in total. The molecule has 0 radical (unpaired) electrons. The Bertz CT molecular complexity index is 1160. The molecule has 1 fully saturated rings. The second-order valence-corrected chi connectivity index (χ2v) is 7.39. The van der Waals surface area contributed by atoms with Crippen LogP contribution in [0.1, 0.15) is 15.9 Å². The highest BCUT2D eigenvalue weighted by Gasteiger charge is 2.19. The summed E-state index contributed by atoms with van der Waals surface area (Å²) < 4.78 is 6.95. The van der Waals surface area contributed by atoms with Gasteiger partial charge in [-0.1, -0.05) is 12.1 Å². The van der Waals surface area contributed by atoms with Crippen molar-refractivity contribution in [2.24, 2.45) is 0 Å². The molecule has 0 bridgehead atoms. The molecule has 1 aliphatic rings. The van der Waals surface area contributed by atoms with Crippen molar-refractivity contribution in [3.8, 4) is 23.0 Å². The molecule has 9 heteroatoms. The summed E-state index contributed by atoms with van der Waals surface area (Å²) in [6.45, 7) is 2.74. The van der Waals surface area contributed by atoms with Crippen LogP contribution in [0.2, 0.25) is 0 Å². The van der Waals surface area contributed by atoms with E-state index in [1.807, 2.05) is 7.05 Å². The SMILES string of the molecule is CN1CCOC(CNC(=O)c2ccc(-n3[nH]cc(-c4ccc(C#N)cc4)c3=O)nc2)C1. The molecule has 1 amide bonds. The van der Waals surface area contributed by atoms with Gasteiger partial charge in [-0.2, -0.15) is 5.26 Å². The normalized spacial score (nSPS) is 16.6. The highest BCUT2D eigenvalue weighted by molar-refractivity contribution is 5.93. The molecule has 1 aromatic carbocycles. The molecular weight excluding hydrogens is 396 g/mol. The second kappa shape index (κ2) is 8.95. The third-order valence-corrected chi connectivity index (χ3v) is 5.17. The molecule has 0 aliphatic carbocycles. The topological polar surface area (TPSA) is 116 Å². The van der Waals surface area contributed by atoms with Crippen molar-refractivity contribution in [3.05, 3.63) is 70.3 Å². The summed E-state index contributed by atoms with van der Waals surface area (Å²) >= 11 is 0. The van der Waals surface area contributed by atoms with E-state index in [-0.39, 0.29) is 17.6 Å². The molecule has 31 heavy (non-hydrogen) atoms. The van der Waals surface area contributed by atoms with Crippen molar-refractivity contribution in [2.75, 3.05) is 33.3 Å². The van der Waals surface area contributed by atoms with Crippen molar-refractivity contribution in [3.63, 3.8) is 0 Å². The van der Waals surface area contributed by atoms with E-state index in [9.17, 15) is 9.59 Å². The van der Waals surface area contributed by atoms with Crippen LogP contribution in [0.25, 0.3) is 16.9 Å². The van der Waals surface area contributed by atoms with E-state index in [4.69, 9.17) is 10.00 Å². The van der Waals surface area contributed by atoms with Gasteiger partial charge in [0.25, 0.3) is 11.5 Å². The number of hydrogen-bond donors (Lipinski definition) is 2. The number of likely N-dealkylation sites (N-methyl/N-ethyl adjacent to an activating group) is 1. The summed E-state index contributed by atoms with van der Waals surface area (Å²) in [5, 5.41) is 14.7. The fourth-order valence-electron chi connectivity index (χ4n) is 3.42. The van der Waals surface area contributed by atoms with E-state index < -0.39 is 0 Å². The first-order chi connectivity index (χ1) is 15.0. The third kappa shape index (κ3) is 4.55. The Balaban J connectivity index is 1.44. The number of H-pyrrole nitrogens is 1. The van der Waals surface area contributed by atoms with Crippen LogP contribution < -0.4 is 10.9 Å². The first kappa shape index (κ1) is 20.5. The van der Waals surface area contributed by atoms with Crippen LogP contribution in [0.4, 0.5) is 0 Å². The third-order valence-electron chi connectivity index (χ3n) is 5.17. The van der Waals surface area contributed by atoms with E-state index in [1.165, 1.54) is 10.9 Å². The first-order valence-electron chi connectivity index (χ1n) is 9.91. The number of nitrogens with zero attached hydrogens (tertiary/aromatic N) is 4. The molecule has 1 aliphatic heterocycles. The number of carbonyl (C=O) groups is 1. The molecule has 158 valence electrons. The number of hydrogen-bond acceptors (Lipinski definition) is 6. The largest absolute Gasteiger partial charge is 0.374 e. The minimum atomic E-state index is -0.270. The van der Waals surface area contributed by atoms with Crippen LogP contribution in [0, 0.1) is 11.3 Å². The van der Waals surface area contributed by atoms with Gasteiger partial charge in [-0.05, 0) is 36.9 Å². The summed E-state index contributed by atoms with van der Waals surface area (Å²) in [5.74, 6) is 0.131. The zero-order valence-corrected chi connectivity index (χ0v) is 17.0. The Morgan fingerprint density at radius 1 is 1.32 bits per heavy atom. The Hall–Kier alpha value is -3.74. The highest BCUT2D eigenvalue weighted by Crippen LogP contribution is 2.16. The maximum atomic E-state index is 12.8. The van der Waals surface area contributed by atoms with Crippen molar-refractivity contribution in [1.29, 1.82) is 5.26 Å². The number of pyridine rings is 1. The van der Waals surface area contributed by atoms with Crippen LogP contribution in [0.15, 0.2) is 53.6 Å². The Kier molecular flexibility index (Phi) is 5.93. The molecule has 3 heterocycles. The number of rotatable bonds is 5. The molecule has 4 rings (SSSR count). The van der Waals surface area contributed by atoms with Gasteiger partial charge in [-0.15, -0.1) is 0 Å². The number of benzene rings is 1. The molecule has 2 N–H and O–H groups in total. The summed E-state index contributed by atoms with van der Waals surface area (Å²) in [6, 6.07) is 12.1. The minimum absolute atomic E-state index is 0.0342. The van der Waals surface area contributed by atoms with Gasteiger partial charge >= 0.3 is 0 Å². The predicted octanol–water partition coefficient (Wildman–Crippen LogP) is 1.16. The number of nitrogens with one attached hydrogen (secondary N) is 2. The van der Waals surface area contributed by atoms with Crippen molar-refractivity contribution in [2.45, 2.75) is 6.10 Å². The fraction of sp³-hybridized carbons (Fsp3) is 0.273. The van der Waals surface area contributed by atoms with E-state index in [2.05, 4.69) is 26.4 Å². The maximum Gasteiger partial charge on any atom is 0.280 e. The quantitative estimate of drug-likeness (QED) is 0.642. The van der Waals surface area contributed by atoms with Gasteiger partial charge in [-0.3, -0.25) is 14.7 Å². The molecular formula is C22H22N6O3. The van der Waals surface area contributed by atoms with Crippen molar-refractivity contribution >= 4 is 5.91 Å². The number of aromatic nitrogens is 3. The Morgan fingerprint density at radius 2 is 2.13 bits per heavy atom. The van der Waals surface area contributed by atoms with Crippen LogP contribution in [0.3, 0.4) is 0 Å². The number of morpholine rings is 1. The average molecular weight is 418 g/mol. The van der Waals surface area contributed by atoms with Crippen LogP contribution in [-0.2, 0) is 4.74 Å². The second-order valence-electron chi connectivity index (χ2n) is 7.39. The lowest BCUT2D eigenvalue weighted by Crippen LogP contribution is -2.45. The van der Waals surface area contributed by atoms with Gasteiger partial charge in [0.15, 0.2) is 5.82 Å². The lowest BCUT2D eigenvalue weighted by molar-refractivity contribution is -0.0175. The van der Waals surface area contributed by atoms with Crippen LogP contribution >= 0.6 is 0 Å². The van der Waals surface area contributed by atoms with Gasteiger partial charge in [-0.25, -0.2) is 9.67 Å². The Labute approximate surface area is 178 Å². The summed E-state index contributed by atoms with van der Waals surface area (Å²) in [6.07, 6.45) is 2.99. The molecule has 2 aromatic heterocycles. The van der Waals surface area contributed by atoms with E-state index >= 15 is 0 Å². The molecule has 0 saturated carbocycles. The zero-order valence-electron chi connectivity index (χ0n) is 17.0. The van der Waals surface area contributed by atoms with Crippen molar-refractivity contribution in [1.82, 2.24) is 25.0 Å². The predicted molar refractivity (Wildman–Crippen MR) is 114 cm³/mol. The van der Waals surface area contributed by atoms with E-state index in [0.717, 1.165) is 13.1 Å². The maximum absolute atomic E-state index is 12.8. The van der Waals surface area contributed by atoms with Crippen molar-refractivity contribution < 1.29 is 9.53 Å². The molecule has 1 unspecified atom stereocenters. The first-order valence-corrected chi connectivity index (χ1v) is 9.91. The van der Waals surface area contributed by atoms with Gasteiger partial charge in [0.2, 0.25) is 0 Å². The lowest BCUT2D eigenvalue weighted by atomic mass is 10.1. The number of amides is 1. The number of carbonyl (C=O) groups excluding carboxylic acids is 1. The smallest absolute Gasteiger partial charge is 0.280 e. The average Bonchev–Trinajstić information content (AvgIpc) is 3.19. The monoisotopic (exact) mass is 418 g/mol. The summed E-state index contributed by atoms with van der Waals surface area (Å²) in [7, 11) is 2.02. The number of aromatic amines is 1. The zero-order chi connectivity index (χ0) is 21.8. The summed E-state index contributed by atoms with van der Waals surface area (Å²) in [5.41, 5.74) is 1.82. The van der Waals surface area contributed by atoms with Crippen LogP contribution in [-0.4, -0.2) is 65.0 Å². The minimum Gasteiger partial charge on any atom is -0.374 e. The van der Waals surface area contributed by atoms with Gasteiger partial charge in [0, 0.05) is 32.0 Å². The standard InChI is InChI=1S/C22H22N6O3/c1-27-8-9-31-18(14-27)12-25-21(29)17-6-7-20(24-11-17)28-22(30)19(13-26-28)16-4-2-15(10-23)3-5-16/h2-7,11,13,18,26H,8-9,12,14H2,1H3,(H,25,29). The van der Waals surface area contributed by atoms with Gasteiger partial charge < -0.3 is 15.0 Å². The van der Waals surface area contributed by atoms with Crippen LogP contribution in [0.5, 0.6) is 0 Å². The molecule has 1 saturated heterocycles. The van der Waals surface area contributed by atoms with E-state index in [0.29, 0.717) is 41.2 Å². The lowest BCUT2D eigenvalue weighted by Gasteiger charge is -2.30. The van der Waals surface area contributed by atoms with Gasteiger partial charge in [0.05, 0.1) is 35.5 Å². The molecule has 3 aromatic rings. The molecule has 0 spiro atoms. The number of ether oxygens (including phenoxy) is 1. The Morgan fingerprint density at radius 3 is 2.81 bits per heavy atom. The van der Waals surface area contributed by atoms with E-state index in [1.54, 1.807) is 42.6 Å². The van der Waals surface area contributed by atoms with Gasteiger partial charge in [0.1, 0.15) is 0 Å². The highest BCUT2D eigenvalue weighted by atomic mass is 16.5. The number of nitriles is 1. The summed E-state index contributed by atoms with van der Waals surface area (Å²) in [4.78, 5) is 31.6.